The van der Waals surface area contributed by atoms with Gasteiger partial charge in [0.05, 0.1) is 5.02 Å². The molecule has 0 bridgehead atoms. The van der Waals surface area contributed by atoms with Gasteiger partial charge in [0.2, 0.25) is 0 Å². The molecule has 108 valence electrons. The molecule has 1 aromatic heterocycles. The van der Waals surface area contributed by atoms with Gasteiger partial charge in [-0.2, -0.15) is 0 Å². The van der Waals surface area contributed by atoms with Crippen molar-refractivity contribution in [3.8, 4) is 11.4 Å². The van der Waals surface area contributed by atoms with Crippen molar-refractivity contribution in [1.29, 1.82) is 0 Å². The molecule has 2 rings (SSSR count). The summed E-state index contributed by atoms with van der Waals surface area (Å²) in [6, 6.07) is 6.22. The standard InChI is InChI=1S/C16H22ClN3/c1-3-7-18-12-13-5-6-14(15(17)11-13)16-19-8-10-20(16)9-4-2/h5-6,8,10-11,18H,3-4,7,9,12H2,1-2H3. The average molecular weight is 292 g/mol. The van der Waals surface area contributed by atoms with E-state index in [2.05, 4.69) is 40.8 Å². The molecule has 1 heterocycles. The van der Waals surface area contributed by atoms with E-state index in [9.17, 15) is 0 Å². The highest BCUT2D eigenvalue weighted by Gasteiger charge is 2.10. The van der Waals surface area contributed by atoms with E-state index in [1.54, 1.807) is 0 Å². The lowest BCUT2D eigenvalue weighted by molar-refractivity contribution is 0.675. The fourth-order valence-electron chi connectivity index (χ4n) is 2.23. The summed E-state index contributed by atoms with van der Waals surface area (Å²) in [6.07, 6.45) is 6.06. The number of nitrogens with zero attached hydrogens (tertiary/aromatic N) is 2. The van der Waals surface area contributed by atoms with Gasteiger partial charge in [0.25, 0.3) is 0 Å². The molecule has 0 atom stereocenters. The lowest BCUT2D eigenvalue weighted by Gasteiger charge is -2.10. The molecular weight excluding hydrogens is 270 g/mol. The number of aryl methyl sites for hydroxylation is 1. The van der Waals surface area contributed by atoms with E-state index < -0.39 is 0 Å². The minimum Gasteiger partial charge on any atom is -0.331 e. The summed E-state index contributed by atoms with van der Waals surface area (Å²) >= 11 is 6.42. The highest BCUT2D eigenvalue weighted by Crippen LogP contribution is 2.27. The van der Waals surface area contributed by atoms with E-state index in [4.69, 9.17) is 11.6 Å². The first-order valence-corrected chi connectivity index (χ1v) is 7.64. The molecule has 20 heavy (non-hydrogen) atoms. The Kier molecular flexibility index (Phi) is 5.62. The van der Waals surface area contributed by atoms with E-state index in [0.29, 0.717) is 0 Å². The number of imidazole rings is 1. The zero-order valence-electron chi connectivity index (χ0n) is 12.2. The second kappa shape index (κ2) is 7.46. The normalized spacial score (nSPS) is 10.9. The average Bonchev–Trinajstić information content (AvgIpc) is 2.88. The van der Waals surface area contributed by atoms with Crippen LogP contribution in [-0.2, 0) is 13.1 Å². The van der Waals surface area contributed by atoms with Gasteiger partial charge in [0, 0.05) is 31.0 Å². The van der Waals surface area contributed by atoms with Crippen molar-refractivity contribution in [1.82, 2.24) is 14.9 Å². The number of benzene rings is 1. The number of aromatic nitrogens is 2. The Bertz CT molecular complexity index is 548. The van der Waals surface area contributed by atoms with Crippen LogP contribution in [0, 0.1) is 0 Å². The van der Waals surface area contributed by atoms with Gasteiger partial charge in [0.15, 0.2) is 0 Å². The van der Waals surface area contributed by atoms with Gasteiger partial charge >= 0.3 is 0 Å². The van der Waals surface area contributed by atoms with Crippen LogP contribution in [0.2, 0.25) is 5.02 Å². The molecule has 0 amide bonds. The topological polar surface area (TPSA) is 29.9 Å². The maximum Gasteiger partial charge on any atom is 0.141 e. The fraction of sp³-hybridized carbons (Fsp3) is 0.438. The largest absolute Gasteiger partial charge is 0.331 e. The summed E-state index contributed by atoms with van der Waals surface area (Å²) < 4.78 is 2.15. The van der Waals surface area contributed by atoms with E-state index in [1.807, 2.05) is 18.5 Å². The molecule has 3 nitrogen and oxygen atoms in total. The lowest BCUT2D eigenvalue weighted by atomic mass is 10.1. The van der Waals surface area contributed by atoms with Crippen molar-refractivity contribution >= 4 is 11.6 Å². The molecule has 4 heteroatoms. The predicted octanol–water partition coefficient (Wildman–Crippen LogP) is 4.11. The van der Waals surface area contributed by atoms with Crippen LogP contribution in [0.3, 0.4) is 0 Å². The summed E-state index contributed by atoms with van der Waals surface area (Å²) in [5.74, 6) is 0.949. The van der Waals surface area contributed by atoms with Crippen LogP contribution in [0.1, 0.15) is 32.3 Å². The zero-order valence-corrected chi connectivity index (χ0v) is 13.0. The van der Waals surface area contributed by atoms with Gasteiger partial charge in [0.1, 0.15) is 5.82 Å². The van der Waals surface area contributed by atoms with Gasteiger partial charge in [-0.25, -0.2) is 4.98 Å². The molecule has 0 spiro atoms. The molecule has 0 saturated heterocycles. The lowest BCUT2D eigenvalue weighted by Crippen LogP contribution is -2.13. The van der Waals surface area contributed by atoms with E-state index >= 15 is 0 Å². The van der Waals surface area contributed by atoms with E-state index in [1.165, 1.54) is 5.56 Å². The Morgan fingerprint density at radius 2 is 2.10 bits per heavy atom. The summed E-state index contributed by atoms with van der Waals surface area (Å²) in [7, 11) is 0. The van der Waals surface area contributed by atoms with Crippen LogP contribution >= 0.6 is 11.6 Å². The van der Waals surface area contributed by atoms with Crippen molar-refractivity contribution < 1.29 is 0 Å². The second-order valence-electron chi connectivity index (χ2n) is 4.94. The second-order valence-corrected chi connectivity index (χ2v) is 5.34. The monoisotopic (exact) mass is 291 g/mol. The number of rotatable bonds is 7. The van der Waals surface area contributed by atoms with Crippen LogP contribution < -0.4 is 5.32 Å². The van der Waals surface area contributed by atoms with Crippen LogP contribution in [0.25, 0.3) is 11.4 Å². The first-order chi connectivity index (χ1) is 9.76. The first-order valence-electron chi connectivity index (χ1n) is 7.27. The molecule has 1 aromatic carbocycles. The van der Waals surface area contributed by atoms with Crippen molar-refractivity contribution in [2.24, 2.45) is 0 Å². The Labute approximate surface area is 126 Å². The summed E-state index contributed by atoms with van der Waals surface area (Å²) in [5, 5.41) is 4.15. The minimum absolute atomic E-state index is 0.768. The highest BCUT2D eigenvalue weighted by molar-refractivity contribution is 6.33. The minimum atomic E-state index is 0.768. The van der Waals surface area contributed by atoms with Crippen LogP contribution in [-0.4, -0.2) is 16.1 Å². The van der Waals surface area contributed by atoms with Crippen LogP contribution in [0.5, 0.6) is 0 Å². The van der Waals surface area contributed by atoms with Gasteiger partial charge in [-0.3, -0.25) is 0 Å². The molecular formula is C16H22ClN3. The van der Waals surface area contributed by atoms with E-state index in [0.717, 1.165) is 48.9 Å². The van der Waals surface area contributed by atoms with Gasteiger partial charge < -0.3 is 9.88 Å². The summed E-state index contributed by atoms with van der Waals surface area (Å²) in [5.41, 5.74) is 2.21. The molecule has 0 radical (unpaired) electrons. The third-order valence-electron chi connectivity index (χ3n) is 3.21. The Morgan fingerprint density at radius 1 is 1.25 bits per heavy atom. The molecule has 1 N–H and O–H groups in total. The molecule has 0 aliphatic rings. The van der Waals surface area contributed by atoms with Crippen molar-refractivity contribution in [3.05, 3.63) is 41.2 Å². The first kappa shape index (κ1) is 15.1. The molecule has 0 aliphatic heterocycles. The molecule has 0 saturated carbocycles. The van der Waals surface area contributed by atoms with Gasteiger partial charge in [-0.15, -0.1) is 0 Å². The van der Waals surface area contributed by atoms with Gasteiger partial charge in [-0.1, -0.05) is 31.5 Å². The molecule has 0 aliphatic carbocycles. The van der Waals surface area contributed by atoms with Gasteiger partial charge in [-0.05, 0) is 37.1 Å². The van der Waals surface area contributed by atoms with Crippen molar-refractivity contribution in [2.75, 3.05) is 6.54 Å². The molecule has 0 fully saturated rings. The Morgan fingerprint density at radius 3 is 2.80 bits per heavy atom. The number of halogens is 1. The highest BCUT2D eigenvalue weighted by atomic mass is 35.5. The smallest absolute Gasteiger partial charge is 0.141 e. The van der Waals surface area contributed by atoms with E-state index in [-0.39, 0.29) is 0 Å². The third-order valence-corrected chi connectivity index (χ3v) is 3.52. The number of hydrogen-bond donors (Lipinski definition) is 1. The SMILES string of the molecule is CCCNCc1ccc(-c2nccn2CCC)c(Cl)c1. The predicted molar refractivity (Wildman–Crippen MR) is 85.0 cm³/mol. The third kappa shape index (κ3) is 3.62. The maximum atomic E-state index is 6.42. The number of nitrogens with one attached hydrogen (secondary N) is 1. The van der Waals surface area contributed by atoms with Crippen molar-refractivity contribution in [2.45, 2.75) is 39.8 Å². The number of hydrogen-bond acceptors (Lipinski definition) is 2. The van der Waals surface area contributed by atoms with Crippen molar-refractivity contribution in [3.63, 3.8) is 0 Å². The van der Waals surface area contributed by atoms with Crippen LogP contribution in [0.15, 0.2) is 30.6 Å². The quantitative estimate of drug-likeness (QED) is 0.778. The molecule has 0 unspecified atom stereocenters. The summed E-state index contributed by atoms with van der Waals surface area (Å²) in [6.45, 7) is 7.17. The zero-order chi connectivity index (χ0) is 14.4. The Hall–Kier alpha value is -1.32. The van der Waals surface area contributed by atoms with Crippen LogP contribution in [0.4, 0.5) is 0 Å². The molecule has 2 aromatic rings. The fourth-order valence-corrected chi connectivity index (χ4v) is 2.52. The maximum absolute atomic E-state index is 6.42. The Balaban J connectivity index is 2.18. The summed E-state index contributed by atoms with van der Waals surface area (Å²) in [4.78, 5) is 4.43.